The first-order chi connectivity index (χ1) is 12.2. The van der Waals surface area contributed by atoms with Crippen LogP contribution in [-0.2, 0) is 0 Å². The number of carbonyl (C=O) groups is 1. The van der Waals surface area contributed by atoms with Gasteiger partial charge in [-0.25, -0.2) is 4.79 Å². The summed E-state index contributed by atoms with van der Waals surface area (Å²) in [5.74, 6) is -0.460. The highest BCUT2D eigenvalue weighted by atomic mass is 16.4. The van der Waals surface area contributed by atoms with Gasteiger partial charge in [0.05, 0.1) is 0 Å². The first-order valence-electron chi connectivity index (χ1n) is 8.40. The molecule has 1 amide bonds. The van der Waals surface area contributed by atoms with Crippen molar-refractivity contribution in [2.24, 2.45) is 0 Å². The average molecular weight is 334 g/mol. The number of fused-ring (bicyclic) bond motifs is 1. The molecule has 1 aromatic heterocycles. The average Bonchev–Trinajstić information content (AvgIpc) is 3.16. The maximum atomic E-state index is 12.5. The number of hydrogen-bond acceptors (Lipinski definition) is 4. The summed E-state index contributed by atoms with van der Waals surface area (Å²) in [4.78, 5) is 26.9. The maximum Gasteiger partial charge on any atom is 0.349 e. The molecule has 1 saturated heterocycles. The molecular formula is C20H18N2O3. The van der Waals surface area contributed by atoms with Gasteiger partial charge >= 0.3 is 5.63 Å². The highest BCUT2D eigenvalue weighted by Gasteiger charge is 2.16. The van der Waals surface area contributed by atoms with Crippen LogP contribution < -0.4 is 15.8 Å². The maximum absolute atomic E-state index is 12.5. The normalized spacial score (nSPS) is 14.0. The van der Waals surface area contributed by atoms with Crippen molar-refractivity contribution in [3.63, 3.8) is 0 Å². The lowest BCUT2D eigenvalue weighted by Crippen LogP contribution is -2.21. The Morgan fingerprint density at radius 1 is 1.00 bits per heavy atom. The lowest BCUT2D eigenvalue weighted by Gasteiger charge is -2.18. The van der Waals surface area contributed by atoms with Gasteiger partial charge in [0.2, 0.25) is 0 Å². The molecule has 2 heterocycles. The lowest BCUT2D eigenvalue weighted by molar-refractivity contribution is 0.102. The van der Waals surface area contributed by atoms with Gasteiger partial charge in [-0.05, 0) is 43.2 Å². The minimum absolute atomic E-state index is 0.00488. The SMILES string of the molecule is O=C(Nc1cccc(N2CCCC2)c1)c1cc2ccccc2oc1=O. The number of benzene rings is 2. The van der Waals surface area contributed by atoms with Crippen molar-refractivity contribution in [3.8, 4) is 0 Å². The van der Waals surface area contributed by atoms with Crippen LogP contribution in [0.1, 0.15) is 23.2 Å². The van der Waals surface area contributed by atoms with Crippen LogP contribution in [0.2, 0.25) is 0 Å². The molecule has 1 aliphatic rings. The summed E-state index contributed by atoms with van der Waals surface area (Å²) in [6, 6.07) is 16.4. The van der Waals surface area contributed by atoms with Gasteiger partial charge in [-0.15, -0.1) is 0 Å². The van der Waals surface area contributed by atoms with Gasteiger partial charge in [-0.1, -0.05) is 24.3 Å². The van der Waals surface area contributed by atoms with Crippen LogP contribution in [0.5, 0.6) is 0 Å². The third-order valence-electron chi connectivity index (χ3n) is 4.46. The number of anilines is 2. The Morgan fingerprint density at radius 3 is 2.64 bits per heavy atom. The first-order valence-corrected chi connectivity index (χ1v) is 8.40. The molecule has 4 rings (SSSR count). The zero-order valence-corrected chi connectivity index (χ0v) is 13.7. The van der Waals surface area contributed by atoms with E-state index in [0.29, 0.717) is 11.3 Å². The molecule has 0 saturated carbocycles. The summed E-state index contributed by atoms with van der Waals surface area (Å²) in [6.45, 7) is 2.07. The smallest absolute Gasteiger partial charge is 0.349 e. The van der Waals surface area contributed by atoms with Crippen molar-refractivity contribution in [1.82, 2.24) is 0 Å². The predicted octanol–water partition coefficient (Wildman–Crippen LogP) is 3.65. The molecular weight excluding hydrogens is 316 g/mol. The van der Waals surface area contributed by atoms with Crippen LogP contribution in [0.25, 0.3) is 11.0 Å². The molecule has 5 nitrogen and oxygen atoms in total. The number of carbonyl (C=O) groups excluding carboxylic acids is 1. The Morgan fingerprint density at radius 2 is 1.80 bits per heavy atom. The molecule has 1 fully saturated rings. The number of para-hydroxylation sites is 1. The Balaban J connectivity index is 1.61. The van der Waals surface area contributed by atoms with Gasteiger partial charge in [-0.3, -0.25) is 4.79 Å². The second kappa shape index (κ2) is 6.43. The van der Waals surface area contributed by atoms with Gasteiger partial charge in [0.15, 0.2) is 0 Å². The largest absolute Gasteiger partial charge is 0.422 e. The fraction of sp³-hybridized carbons (Fsp3) is 0.200. The van der Waals surface area contributed by atoms with Gasteiger partial charge in [0.1, 0.15) is 11.1 Å². The van der Waals surface area contributed by atoms with E-state index in [-0.39, 0.29) is 5.56 Å². The van der Waals surface area contributed by atoms with Crippen molar-refractivity contribution in [2.45, 2.75) is 12.8 Å². The minimum Gasteiger partial charge on any atom is -0.422 e. The molecule has 0 spiro atoms. The number of nitrogens with one attached hydrogen (secondary N) is 1. The molecule has 0 radical (unpaired) electrons. The van der Waals surface area contributed by atoms with Crippen molar-refractivity contribution in [2.75, 3.05) is 23.3 Å². The van der Waals surface area contributed by atoms with Crippen LogP contribution in [0, 0.1) is 0 Å². The van der Waals surface area contributed by atoms with Crippen LogP contribution >= 0.6 is 0 Å². The molecule has 2 aromatic carbocycles. The Labute approximate surface area is 144 Å². The quantitative estimate of drug-likeness (QED) is 0.743. The van der Waals surface area contributed by atoms with Crippen molar-refractivity contribution < 1.29 is 9.21 Å². The summed E-state index contributed by atoms with van der Waals surface area (Å²) < 4.78 is 5.23. The Kier molecular flexibility index (Phi) is 3.98. The minimum atomic E-state index is -0.633. The van der Waals surface area contributed by atoms with E-state index >= 15 is 0 Å². The molecule has 3 aromatic rings. The van der Waals surface area contributed by atoms with E-state index in [1.54, 1.807) is 18.2 Å². The zero-order chi connectivity index (χ0) is 17.2. The fourth-order valence-electron chi connectivity index (χ4n) is 3.17. The molecule has 0 atom stereocenters. The summed E-state index contributed by atoms with van der Waals surface area (Å²) in [5.41, 5.74) is 1.60. The number of hydrogen-bond donors (Lipinski definition) is 1. The highest BCUT2D eigenvalue weighted by molar-refractivity contribution is 6.05. The lowest BCUT2D eigenvalue weighted by atomic mass is 10.1. The van der Waals surface area contributed by atoms with Crippen LogP contribution in [-0.4, -0.2) is 19.0 Å². The van der Waals surface area contributed by atoms with Crippen LogP contribution in [0.15, 0.2) is 63.8 Å². The Bertz CT molecular complexity index is 987. The number of amides is 1. The van der Waals surface area contributed by atoms with E-state index in [2.05, 4.69) is 10.2 Å². The first kappa shape index (κ1) is 15.4. The Hall–Kier alpha value is -3.08. The highest BCUT2D eigenvalue weighted by Crippen LogP contribution is 2.23. The van der Waals surface area contributed by atoms with Crippen LogP contribution in [0.4, 0.5) is 11.4 Å². The second-order valence-electron chi connectivity index (χ2n) is 6.18. The monoisotopic (exact) mass is 334 g/mol. The summed E-state index contributed by atoms with van der Waals surface area (Å²) in [5, 5.41) is 3.52. The zero-order valence-electron chi connectivity index (χ0n) is 13.7. The molecule has 1 aliphatic heterocycles. The van der Waals surface area contributed by atoms with E-state index in [4.69, 9.17) is 4.42 Å². The standard InChI is InChI=1S/C20H18N2O3/c23-19(17-12-14-6-1-2-9-18(14)25-20(17)24)21-15-7-5-8-16(13-15)22-10-3-4-11-22/h1-2,5-9,12-13H,3-4,10-11H2,(H,21,23). The number of rotatable bonds is 3. The van der Waals surface area contributed by atoms with Crippen molar-refractivity contribution >= 4 is 28.3 Å². The molecule has 126 valence electrons. The van der Waals surface area contributed by atoms with Crippen molar-refractivity contribution in [1.29, 1.82) is 0 Å². The second-order valence-corrected chi connectivity index (χ2v) is 6.18. The van der Waals surface area contributed by atoms with E-state index in [1.807, 2.05) is 36.4 Å². The topological polar surface area (TPSA) is 62.6 Å². The molecule has 0 unspecified atom stereocenters. The fourth-order valence-corrected chi connectivity index (χ4v) is 3.17. The van der Waals surface area contributed by atoms with Crippen LogP contribution in [0.3, 0.4) is 0 Å². The molecule has 0 bridgehead atoms. The summed E-state index contributed by atoms with van der Waals surface area (Å²) in [6.07, 6.45) is 2.38. The van der Waals surface area contributed by atoms with E-state index < -0.39 is 11.5 Å². The molecule has 1 N–H and O–H groups in total. The molecule has 25 heavy (non-hydrogen) atoms. The van der Waals surface area contributed by atoms with E-state index in [9.17, 15) is 9.59 Å². The van der Waals surface area contributed by atoms with Gasteiger partial charge in [0, 0.05) is 29.9 Å². The third kappa shape index (κ3) is 3.13. The molecule has 0 aliphatic carbocycles. The third-order valence-corrected chi connectivity index (χ3v) is 4.46. The van der Waals surface area contributed by atoms with Crippen molar-refractivity contribution in [3.05, 3.63) is 70.6 Å². The number of nitrogens with zero attached hydrogens (tertiary/aromatic N) is 1. The van der Waals surface area contributed by atoms with Gasteiger partial charge in [-0.2, -0.15) is 0 Å². The summed E-state index contributed by atoms with van der Waals surface area (Å²) in [7, 11) is 0. The summed E-state index contributed by atoms with van der Waals surface area (Å²) >= 11 is 0. The van der Waals surface area contributed by atoms with Gasteiger partial charge < -0.3 is 14.6 Å². The van der Waals surface area contributed by atoms with Gasteiger partial charge in [0.25, 0.3) is 5.91 Å². The van der Waals surface area contributed by atoms with E-state index in [0.717, 1.165) is 24.2 Å². The molecule has 5 heteroatoms. The van der Waals surface area contributed by atoms with E-state index in [1.165, 1.54) is 12.8 Å². The predicted molar refractivity (Wildman–Crippen MR) is 98.3 cm³/mol.